The number of aromatic amines is 1. The summed E-state index contributed by atoms with van der Waals surface area (Å²) in [5.74, 6) is 0.784. The number of hydrogen-bond donors (Lipinski definition) is 2. The molecule has 0 radical (unpaired) electrons. The molecule has 0 saturated heterocycles. The minimum Gasteiger partial charge on any atom is -0.364 e. The topological polar surface area (TPSA) is 93.4 Å². The van der Waals surface area contributed by atoms with Gasteiger partial charge in [-0.3, -0.25) is 14.6 Å². The number of H-pyrrole nitrogens is 1. The second kappa shape index (κ2) is 9.14. The number of anilines is 1. The van der Waals surface area contributed by atoms with E-state index in [2.05, 4.69) is 69.9 Å². The molecule has 0 amide bonds. The number of aryl methyl sites for hydroxylation is 1. The van der Waals surface area contributed by atoms with E-state index in [-0.39, 0.29) is 5.56 Å². The summed E-state index contributed by atoms with van der Waals surface area (Å²) in [4.78, 5) is 16.5. The summed E-state index contributed by atoms with van der Waals surface area (Å²) in [5.41, 5.74) is 6.28. The third-order valence-corrected chi connectivity index (χ3v) is 6.32. The fourth-order valence-corrected chi connectivity index (χ4v) is 4.43. The molecule has 8 heteroatoms. The van der Waals surface area contributed by atoms with E-state index in [4.69, 9.17) is 5.10 Å². The molecule has 36 heavy (non-hydrogen) atoms. The molecule has 178 valence electrons. The first-order chi connectivity index (χ1) is 17.6. The lowest BCUT2D eigenvalue weighted by Gasteiger charge is -2.07. The van der Waals surface area contributed by atoms with Crippen molar-refractivity contribution in [3.05, 3.63) is 118 Å². The average Bonchev–Trinajstić information content (AvgIpc) is 3.49. The highest BCUT2D eigenvalue weighted by Gasteiger charge is 2.10. The maximum absolute atomic E-state index is 12.0. The van der Waals surface area contributed by atoms with E-state index < -0.39 is 0 Å². The monoisotopic (exact) mass is 475 g/mol. The number of nitrogens with one attached hydrogen (secondary N) is 2. The molecule has 2 N–H and O–H groups in total. The molecule has 4 heterocycles. The minimum atomic E-state index is -0.00146. The van der Waals surface area contributed by atoms with Crippen molar-refractivity contribution in [3.63, 3.8) is 0 Å². The van der Waals surface area contributed by atoms with Crippen LogP contribution in [0.3, 0.4) is 0 Å². The first kappa shape index (κ1) is 21.8. The van der Waals surface area contributed by atoms with E-state index in [0.717, 1.165) is 44.4 Å². The van der Waals surface area contributed by atoms with Crippen LogP contribution < -0.4 is 10.9 Å². The van der Waals surface area contributed by atoms with Crippen molar-refractivity contribution in [1.29, 1.82) is 0 Å². The molecular formula is C28H25N7O. The van der Waals surface area contributed by atoms with E-state index in [1.54, 1.807) is 29.1 Å². The highest BCUT2D eigenvalue weighted by Crippen LogP contribution is 2.23. The van der Waals surface area contributed by atoms with E-state index >= 15 is 0 Å². The average molecular weight is 476 g/mol. The van der Waals surface area contributed by atoms with Crippen LogP contribution in [0.25, 0.3) is 21.8 Å². The Hall–Kier alpha value is -4.72. The lowest BCUT2D eigenvalue weighted by molar-refractivity contribution is 0.694. The summed E-state index contributed by atoms with van der Waals surface area (Å²) in [6.45, 7) is 3.84. The minimum absolute atomic E-state index is 0.00146. The summed E-state index contributed by atoms with van der Waals surface area (Å²) in [6, 6.07) is 21.7. The predicted molar refractivity (Wildman–Crippen MR) is 141 cm³/mol. The lowest BCUT2D eigenvalue weighted by Crippen LogP contribution is -2.18. The third-order valence-electron chi connectivity index (χ3n) is 6.32. The summed E-state index contributed by atoms with van der Waals surface area (Å²) in [7, 11) is 0. The van der Waals surface area contributed by atoms with Crippen molar-refractivity contribution in [2.75, 3.05) is 5.32 Å². The fourth-order valence-electron chi connectivity index (χ4n) is 4.43. The molecule has 0 spiro atoms. The lowest BCUT2D eigenvalue weighted by atomic mass is 10.1. The van der Waals surface area contributed by atoms with Crippen molar-refractivity contribution in [3.8, 4) is 0 Å². The van der Waals surface area contributed by atoms with E-state index in [0.29, 0.717) is 19.6 Å². The van der Waals surface area contributed by atoms with Gasteiger partial charge in [0.05, 0.1) is 41.7 Å². The Morgan fingerprint density at radius 2 is 1.78 bits per heavy atom. The van der Waals surface area contributed by atoms with Crippen LogP contribution in [-0.2, 0) is 19.6 Å². The van der Waals surface area contributed by atoms with Crippen LogP contribution in [0, 0.1) is 6.92 Å². The number of benzene rings is 2. The molecule has 0 aliphatic rings. The van der Waals surface area contributed by atoms with Crippen molar-refractivity contribution >= 4 is 27.6 Å². The van der Waals surface area contributed by atoms with Crippen LogP contribution in [0.1, 0.15) is 22.4 Å². The molecule has 4 aromatic heterocycles. The van der Waals surface area contributed by atoms with Crippen LogP contribution >= 0.6 is 0 Å². The van der Waals surface area contributed by atoms with Crippen molar-refractivity contribution < 1.29 is 0 Å². The molecule has 6 aromatic rings. The highest BCUT2D eigenvalue weighted by atomic mass is 16.1. The molecule has 8 nitrogen and oxygen atoms in total. The van der Waals surface area contributed by atoms with Crippen LogP contribution in [0.4, 0.5) is 5.82 Å². The van der Waals surface area contributed by atoms with Gasteiger partial charge in [0, 0.05) is 30.0 Å². The number of pyridine rings is 2. The first-order valence-electron chi connectivity index (χ1n) is 11.9. The summed E-state index contributed by atoms with van der Waals surface area (Å²) >= 11 is 0. The van der Waals surface area contributed by atoms with Gasteiger partial charge in [-0.05, 0) is 42.3 Å². The third kappa shape index (κ3) is 4.36. The SMILES string of the molecule is Cc1ccc2[nH]nc(CNc3nccc4nn(Cc5ccc(Cn6ccccc6=O)cc5)cc34)c2c1. The van der Waals surface area contributed by atoms with Gasteiger partial charge in [0.1, 0.15) is 5.82 Å². The highest BCUT2D eigenvalue weighted by molar-refractivity contribution is 5.89. The Labute approximate surface area is 207 Å². The zero-order chi connectivity index (χ0) is 24.5. The van der Waals surface area contributed by atoms with Gasteiger partial charge >= 0.3 is 0 Å². The van der Waals surface area contributed by atoms with Gasteiger partial charge in [0.25, 0.3) is 5.56 Å². The quantitative estimate of drug-likeness (QED) is 0.355. The molecule has 0 saturated carbocycles. The standard InChI is InChI=1S/C28H25N7O/c1-19-5-10-24-22(14-19)26(32-31-24)15-30-28-23-18-35(33-25(23)11-12-29-28)17-21-8-6-20(7-9-21)16-34-13-3-2-4-27(34)36/h2-14,18H,15-17H2,1H3,(H,29,30)(H,31,32). The smallest absolute Gasteiger partial charge is 0.250 e. The van der Waals surface area contributed by atoms with E-state index in [9.17, 15) is 4.79 Å². The first-order valence-corrected chi connectivity index (χ1v) is 11.9. The van der Waals surface area contributed by atoms with Crippen LogP contribution in [0.2, 0.25) is 0 Å². The van der Waals surface area contributed by atoms with Crippen LogP contribution in [0.5, 0.6) is 0 Å². The summed E-state index contributed by atoms with van der Waals surface area (Å²) in [6.07, 6.45) is 5.60. The Morgan fingerprint density at radius 3 is 2.61 bits per heavy atom. The van der Waals surface area contributed by atoms with Gasteiger partial charge in [-0.15, -0.1) is 0 Å². The van der Waals surface area contributed by atoms with Gasteiger partial charge in [0.2, 0.25) is 0 Å². The molecule has 0 unspecified atom stereocenters. The summed E-state index contributed by atoms with van der Waals surface area (Å²) < 4.78 is 3.63. The second-order valence-corrected chi connectivity index (χ2v) is 8.98. The molecule has 0 aliphatic carbocycles. The maximum Gasteiger partial charge on any atom is 0.250 e. The molecule has 2 aromatic carbocycles. The Balaban J connectivity index is 1.18. The van der Waals surface area contributed by atoms with Gasteiger partial charge in [-0.2, -0.15) is 10.2 Å². The van der Waals surface area contributed by atoms with Gasteiger partial charge in [0.15, 0.2) is 0 Å². The number of rotatable bonds is 7. The predicted octanol–water partition coefficient (Wildman–Crippen LogP) is 4.49. The molecule has 0 atom stereocenters. The van der Waals surface area contributed by atoms with Crippen molar-refractivity contribution in [2.24, 2.45) is 0 Å². The van der Waals surface area contributed by atoms with Gasteiger partial charge in [-0.1, -0.05) is 42.0 Å². The van der Waals surface area contributed by atoms with Gasteiger partial charge in [-0.25, -0.2) is 4.98 Å². The zero-order valence-electron chi connectivity index (χ0n) is 19.8. The largest absolute Gasteiger partial charge is 0.364 e. The fraction of sp³-hybridized carbons (Fsp3) is 0.143. The Morgan fingerprint density at radius 1 is 0.944 bits per heavy atom. The summed E-state index contributed by atoms with van der Waals surface area (Å²) in [5, 5.41) is 17.8. The number of aromatic nitrogens is 6. The molecule has 6 rings (SSSR count). The van der Waals surface area contributed by atoms with Crippen molar-refractivity contribution in [2.45, 2.75) is 26.6 Å². The number of hydrogen-bond acceptors (Lipinski definition) is 5. The van der Waals surface area contributed by atoms with E-state index in [1.807, 2.05) is 23.0 Å². The van der Waals surface area contributed by atoms with Crippen molar-refractivity contribution in [1.82, 2.24) is 29.5 Å². The molecule has 0 fully saturated rings. The Kier molecular flexibility index (Phi) is 5.53. The number of nitrogens with zero attached hydrogens (tertiary/aromatic N) is 5. The molecule has 0 bridgehead atoms. The molecular weight excluding hydrogens is 450 g/mol. The second-order valence-electron chi connectivity index (χ2n) is 8.98. The number of fused-ring (bicyclic) bond motifs is 2. The Bertz CT molecular complexity index is 1730. The van der Waals surface area contributed by atoms with E-state index in [1.165, 1.54) is 5.56 Å². The molecule has 0 aliphatic heterocycles. The maximum atomic E-state index is 12.0. The van der Waals surface area contributed by atoms with Crippen LogP contribution in [-0.4, -0.2) is 29.5 Å². The zero-order valence-corrected chi connectivity index (χ0v) is 19.8. The van der Waals surface area contributed by atoms with Gasteiger partial charge < -0.3 is 9.88 Å². The van der Waals surface area contributed by atoms with Crippen LogP contribution in [0.15, 0.2) is 90.1 Å². The normalized spacial score (nSPS) is 11.4.